The van der Waals surface area contributed by atoms with Crippen LogP contribution in [-0.2, 0) is 7.05 Å². The van der Waals surface area contributed by atoms with Crippen molar-refractivity contribution in [2.75, 3.05) is 5.73 Å². The van der Waals surface area contributed by atoms with Gasteiger partial charge < -0.3 is 5.73 Å². The van der Waals surface area contributed by atoms with E-state index < -0.39 is 0 Å². The van der Waals surface area contributed by atoms with Gasteiger partial charge in [-0.15, -0.1) is 0 Å². The standard InChI is InChI=1S/C12H17N3/c1-15-9(13)5-8(14-15)12-10-6-2-3-7(4-6)11(10)12/h5-7,10-12H,2-4,13H2,1H3. The van der Waals surface area contributed by atoms with E-state index in [1.165, 1.54) is 25.0 Å². The first kappa shape index (κ1) is 8.20. The van der Waals surface area contributed by atoms with Crippen LogP contribution in [0.15, 0.2) is 6.07 Å². The molecule has 4 rings (SSSR count). The average Bonchev–Trinajstić information content (AvgIpc) is 2.55. The molecular formula is C12H17N3. The zero-order chi connectivity index (χ0) is 10.2. The summed E-state index contributed by atoms with van der Waals surface area (Å²) in [6.45, 7) is 0. The van der Waals surface area contributed by atoms with Gasteiger partial charge in [-0.25, -0.2) is 0 Å². The molecular weight excluding hydrogens is 186 g/mol. The second-order valence-corrected chi connectivity index (χ2v) is 5.63. The Morgan fingerprint density at radius 1 is 1.33 bits per heavy atom. The average molecular weight is 203 g/mol. The number of hydrogen-bond donors (Lipinski definition) is 1. The highest BCUT2D eigenvalue weighted by Gasteiger charge is 2.65. The fraction of sp³-hybridized carbons (Fsp3) is 0.750. The molecule has 1 aromatic heterocycles. The molecule has 3 aliphatic carbocycles. The fourth-order valence-electron chi connectivity index (χ4n) is 4.39. The first-order valence-electron chi connectivity index (χ1n) is 6.05. The Bertz CT molecular complexity index is 387. The van der Waals surface area contributed by atoms with Gasteiger partial charge in [0.05, 0.1) is 5.69 Å². The van der Waals surface area contributed by atoms with Crippen molar-refractivity contribution < 1.29 is 0 Å². The lowest BCUT2D eigenvalue weighted by molar-refractivity contribution is 0.456. The summed E-state index contributed by atoms with van der Waals surface area (Å²) >= 11 is 0. The molecule has 4 atom stereocenters. The summed E-state index contributed by atoms with van der Waals surface area (Å²) in [7, 11) is 1.94. The molecule has 0 saturated heterocycles. The predicted octanol–water partition coefficient (Wildman–Crippen LogP) is 1.76. The third-order valence-electron chi connectivity index (χ3n) is 5.01. The van der Waals surface area contributed by atoms with Crippen molar-refractivity contribution >= 4 is 5.82 Å². The first-order valence-corrected chi connectivity index (χ1v) is 6.05. The van der Waals surface area contributed by atoms with Crippen molar-refractivity contribution in [1.29, 1.82) is 0 Å². The van der Waals surface area contributed by atoms with Crippen LogP contribution in [0.4, 0.5) is 5.82 Å². The van der Waals surface area contributed by atoms with Crippen molar-refractivity contribution in [1.82, 2.24) is 9.78 Å². The molecule has 1 heterocycles. The minimum atomic E-state index is 0.764. The lowest BCUT2D eigenvalue weighted by Crippen LogP contribution is -1.99. The Morgan fingerprint density at radius 2 is 2.00 bits per heavy atom. The maximum Gasteiger partial charge on any atom is 0.121 e. The number of aromatic nitrogens is 2. The van der Waals surface area contributed by atoms with Crippen LogP contribution < -0.4 is 5.73 Å². The maximum absolute atomic E-state index is 5.84. The highest BCUT2D eigenvalue weighted by molar-refractivity contribution is 5.37. The largest absolute Gasteiger partial charge is 0.384 e. The van der Waals surface area contributed by atoms with Crippen LogP contribution in [-0.4, -0.2) is 9.78 Å². The second-order valence-electron chi connectivity index (χ2n) is 5.63. The van der Waals surface area contributed by atoms with Gasteiger partial charge in [-0.2, -0.15) is 5.10 Å². The second kappa shape index (κ2) is 2.39. The van der Waals surface area contributed by atoms with Gasteiger partial charge in [0, 0.05) is 19.0 Å². The number of nitrogens with zero attached hydrogens (tertiary/aromatic N) is 2. The Morgan fingerprint density at radius 3 is 2.53 bits per heavy atom. The van der Waals surface area contributed by atoms with Gasteiger partial charge in [0.25, 0.3) is 0 Å². The summed E-state index contributed by atoms with van der Waals surface area (Å²) in [4.78, 5) is 0. The number of nitrogen functional groups attached to an aromatic ring is 1. The van der Waals surface area contributed by atoms with Crippen molar-refractivity contribution in [2.45, 2.75) is 25.2 Å². The van der Waals surface area contributed by atoms with Crippen LogP contribution in [0.5, 0.6) is 0 Å². The summed E-state index contributed by atoms with van der Waals surface area (Å²) in [5.41, 5.74) is 7.11. The van der Waals surface area contributed by atoms with E-state index in [1.807, 2.05) is 11.7 Å². The zero-order valence-corrected chi connectivity index (χ0v) is 9.06. The molecule has 80 valence electrons. The lowest BCUT2D eigenvalue weighted by Gasteiger charge is -2.05. The van der Waals surface area contributed by atoms with E-state index in [4.69, 9.17) is 5.73 Å². The minimum absolute atomic E-state index is 0.764. The number of anilines is 1. The van der Waals surface area contributed by atoms with E-state index in [1.54, 1.807) is 0 Å². The van der Waals surface area contributed by atoms with Gasteiger partial charge in [-0.05, 0) is 42.9 Å². The summed E-state index contributed by atoms with van der Waals surface area (Å²) in [5.74, 6) is 5.56. The zero-order valence-electron chi connectivity index (χ0n) is 9.06. The molecule has 15 heavy (non-hydrogen) atoms. The van der Waals surface area contributed by atoms with Crippen LogP contribution in [0.3, 0.4) is 0 Å². The van der Waals surface area contributed by atoms with Crippen LogP contribution in [0.25, 0.3) is 0 Å². The summed E-state index contributed by atoms with van der Waals surface area (Å²) in [6, 6.07) is 2.09. The molecule has 2 N–H and O–H groups in total. The molecule has 3 fully saturated rings. The smallest absolute Gasteiger partial charge is 0.121 e. The summed E-state index contributed by atoms with van der Waals surface area (Å²) < 4.78 is 1.81. The van der Waals surface area contributed by atoms with Gasteiger partial charge in [-0.3, -0.25) is 4.68 Å². The Labute approximate surface area is 89.6 Å². The predicted molar refractivity (Wildman–Crippen MR) is 58.2 cm³/mol. The van der Waals surface area contributed by atoms with E-state index in [0.29, 0.717) is 0 Å². The highest BCUT2D eigenvalue weighted by Crippen LogP contribution is 2.72. The Balaban J connectivity index is 1.67. The van der Waals surface area contributed by atoms with E-state index in [-0.39, 0.29) is 0 Å². The van der Waals surface area contributed by atoms with Crippen molar-refractivity contribution in [3.8, 4) is 0 Å². The van der Waals surface area contributed by atoms with Gasteiger partial charge in [0.1, 0.15) is 5.82 Å². The fourth-order valence-corrected chi connectivity index (χ4v) is 4.39. The molecule has 0 radical (unpaired) electrons. The number of rotatable bonds is 1. The van der Waals surface area contributed by atoms with E-state index in [2.05, 4.69) is 11.2 Å². The number of fused-ring (bicyclic) bond motifs is 5. The number of aryl methyl sites for hydroxylation is 1. The van der Waals surface area contributed by atoms with Crippen LogP contribution in [0.2, 0.25) is 0 Å². The first-order chi connectivity index (χ1) is 7.25. The van der Waals surface area contributed by atoms with Crippen molar-refractivity contribution in [2.24, 2.45) is 30.7 Å². The maximum atomic E-state index is 5.84. The summed E-state index contributed by atoms with van der Waals surface area (Å²) in [6.07, 6.45) is 4.46. The quantitative estimate of drug-likeness (QED) is 0.756. The molecule has 0 aliphatic heterocycles. The number of nitrogens with two attached hydrogens (primary N) is 1. The normalized spacial score (nSPS) is 45.8. The monoisotopic (exact) mass is 203 g/mol. The molecule has 1 aromatic rings. The van der Waals surface area contributed by atoms with Crippen LogP contribution in [0.1, 0.15) is 30.9 Å². The molecule has 0 amide bonds. The van der Waals surface area contributed by atoms with Crippen LogP contribution >= 0.6 is 0 Å². The molecule has 3 saturated carbocycles. The number of hydrogen-bond acceptors (Lipinski definition) is 2. The van der Waals surface area contributed by atoms with Gasteiger partial charge in [0.2, 0.25) is 0 Å². The van der Waals surface area contributed by atoms with Crippen LogP contribution in [0, 0.1) is 23.7 Å². The Hall–Kier alpha value is -0.990. The van der Waals surface area contributed by atoms with Crippen molar-refractivity contribution in [3.05, 3.63) is 11.8 Å². The van der Waals surface area contributed by atoms with Gasteiger partial charge in [0.15, 0.2) is 0 Å². The van der Waals surface area contributed by atoms with Crippen molar-refractivity contribution in [3.63, 3.8) is 0 Å². The van der Waals surface area contributed by atoms with E-state index >= 15 is 0 Å². The third-order valence-corrected chi connectivity index (χ3v) is 5.01. The SMILES string of the molecule is Cn1nc(C2C3C4CCC(C4)C23)cc1N. The summed E-state index contributed by atoms with van der Waals surface area (Å²) in [5, 5.41) is 4.54. The molecule has 4 unspecified atom stereocenters. The highest BCUT2D eigenvalue weighted by atomic mass is 15.3. The molecule has 3 heteroatoms. The lowest BCUT2D eigenvalue weighted by atomic mass is 10.0. The minimum Gasteiger partial charge on any atom is -0.384 e. The van der Waals surface area contributed by atoms with E-state index in [9.17, 15) is 0 Å². The Kier molecular flexibility index (Phi) is 1.31. The molecule has 0 spiro atoms. The van der Waals surface area contributed by atoms with Gasteiger partial charge >= 0.3 is 0 Å². The van der Waals surface area contributed by atoms with Gasteiger partial charge in [-0.1, -0.05) is 0 Å². The molecule has 0 aromatic carbocycles. The third kappa shape index (κ3) is 0.894. The van der Waals surface area contributed by atoms with E-state index in [0.717, 1.165) is 35.4 Å². The molecule has 3 aliphatic rings. The molecule has 3 nitrogen and oxygen atoms in total. The topological polar surface area (TPSA) is 43.8 Å². The molecule has 2 bridgehead atoms.